The van der Waals surface area contributed by atoms with Crippen LogP contribution in [0.2, 0.25) is 0 Å². The van der Waals surface area contributed by atoms with Gasteiger partial charge in [-0.1, -0.05) is 13.3 Å². The molecule has 3 nitrogen and oxygen atoms in total. The second-order valence-electron chi connectivity index (χ2n) is 4.45. The van der Waals surface area contributed by atoms with Crippen molar-refractivity contribution in [3.8, 4) is 6.07 Å². The topological polar surface area (TPSA) is 30.3 Å². The van der Waals surface area contributed by atoms with E-state index in [1.165, 1.54) is 32.2 Å². The molecular formula is C12H23N3. The Hall–Kier alpha value is -0.590. The standard InChI is InChI=1S/C12H23N3/c1-3-15(11-8-13)10-7-12-6-4-5-9-14(12)2/h12H,3-7,9-11H2,1-2H3. The molecule has 1 rings (SSSR count). The fourth-order valence-corrected chi connectivity index (χ4v) is 2.29. The molecule has 3 heteroatoms. The van der Waals surface area contributed by atoms with Crippen LogP contribution in [-0.4, -0.2) is 49.1 Å². The van der Waals surface area contributed by atoms with Crippen molar-refractivity contribution >= 4 is 0 Å². The Morgan fingerprint density at radius 1 is 1.47 bits per heavy atom. The zero-order valence-electron chi connectivity index (χ0n) is 10.1. The summed E-state index contributed by atoms with van der Waals surface area (Å²) in [5.74, 6) is 0. The Kier molecular flexibility index (Phi) is 5.67. The lowest BCUT2D eigenvalue weighted by atomic mass is 10.00. The molecule has 0 N–H and O–H groups in total. The first kappa shape index (κ1) is 12.5. The molecular weight excluding hydrogens is 186 g/mol. The summed E-state index contributed by atoms with van der Waals surface area (Å²) in [7, 11) is 2.23. The van der Waals surface area contributed by atoms with Crippen LogP contribution in [-0.2, 0) is 0 Å². The van der Waals surface area contributed by atoms with Gasteiger partial charge in [0.1, 0.15) is 0 Å². The third-order valence-corrected chi connectivity index (χ3v) is 3.44. The quantitative estimate of drug-likeness (QED) is 0.646. The molecule has 1 unspecified atom stereocenters. The Balaban J connectivity index is 2.25. The maximum Gasteiger partial charge on any atom is 0.0865 e. The summed E-state index contributed by atoms with van der Waals surface area (Å²) in [6, 6.07) is 2.97. The molecule has 0 aromatic carbocycles. The van der Waals surface area contributed by atoms with Gasteiger partial charge in [0, 0.05) is 12.6 Å². The van der Waals surface area contributed by atoms with Crippen molar-refractivity contribution in [1.82, 2.24) is 9.80 Å². The van der Waals surface area contributed by atoms with E-state index in [-0.39, 0.29) is 0 Å². The highest BCUT2D eigenvalue weighted by atomic mass is 15.2. The lowest BCUT2D eigenvalue weighted by Gasteiger charge is -2.33. The smallest absolute Gasteiger partial charge is 0.0865 e. The number of nitrogens with zero attached hydrogens (tertiary/aromatic N) is 3. The molecule has 0 spiro atoms. The van der Waals surface area contributed by atoms with Gasteiger partial charge in [0.25, 0.3) is 0 Å². The Bertz CT molecular complexity index is 209. The van der Waals surface area contributed by atoms with E-state index in [2.05, 4.69) is 29.8 Å². The molecule has 86 valence electrons. The molecule has 1 atom stereocenters. The third-order valence-electron chi connectivity index (χ3n) is 3.44. The SMILES string of the molecule is CCN(CC#N)CCC1CCCCN1C. The van der Waals surface area contributed by atoms with Gasteiger partial charge in [0.05, 0.1) is 12.6 Å². The van der Waals surface area contributed by atoms with E-state index in [9.17, 15) is 0 Å². The summed E-state index contributed by atoms with van der Waals surface area (Å²) in [6.07, 6.45) is 5.27. The molecule has 15 heavy (non-hydrogen) atoms. The van der Waals surface area contributed by atoms with E-state index < -0.39 is 0 Å². The van der Waals surface area contributed by atoms with Crippen molar-refractivity contribution in [2.75, 3.05) is 33.2 Å². The summed E-state index contributed by atoms with van der Waals surface area (Å²) >= 11 is 0. The minimum absolute atomic E-state index is 0.576. The van der Waals surface area contributed by atoms with Gasteiger partial charge < -0.3 is 4.90 Å². The van der Waals surface area contributed by atoms with E-state index in [0.29, 0.717) is 6.54 Å². The monoisotopic (exact) mass is 209 g/mol. The highest BCUT2D eigenvalue weighted by Gasteiger charge is 2.18. The number of rotatable bonds is 5. The summed E-state index contributed by atoms with van der Waals surface area (Å²) in [6.45, 7) is 6.01. The minimum atomic E-state index is 0.576. The average molecular weight is 209 g/mol. The third kappa shape index (κ3) is 4.19. The molecule has 0 bridgehead atoms. The minimum Gasteiger partial charge on any atom is -0.303 e. The van der Waals surface area contributed by atoms with E-state index in [1.54, 1.807) is 0 Å². The van der Waals surface area contributed by atoms with Crippen LogP contribution in [0.4, 0.5) is 0 Å². The zero-order chi connectivity index (χ0) is 11.1. The molecule has 1 heterocycles. The molecule has 0 aliphatic carbocycles. The van der Waals surface area contributed by atoms with Crippen molar-refractivity contribution in [3.63, 3.8) is 0 Å². The van der Waals surface area contributed by atoms with Gasteiger partial charge in [0.15, 0.2) is 0 Å². The van der Waals surface area contributed by atoms with Crippen LogP contribution < -0.4 is 0 Å². The van der Waals surface area contributed by atoms with Crippen molar-refractivity contribution in [1.29, 1.82) is 5.26 Å². The van der Waals surface area contributed by atoms with Gasteiger partial charge in [-0.15, -0.1) is 0 Å². The summed E-state index contributed by atoms with van der Waals surface area (Å²) in [4.78, 5) is 4.70. The second kappa shape index (κ2) is 6.81. The van der Waals surface area contributed by atoms with E-state index in [0.717, 1.165) is 19.1 Å². The molecule has 0 amide bonds. The molecule has 0 saturated carbocycles. The molecule has 1 aliphatic rings. The van der Waals surface area contributed by atoms with Crippen LogP contribution in [0.25, 0.3) is 0 Å². The number of likely N-dealkylation sites (tertiary alicyclic amines) is 1. The molecule has 1 saturated heterocycles. The largest absolute Gasteiger partial charge is 0.303 e. The number of piperidine rings is 1. The zero-order valence-corrected chi connectivity index (χ0v) is 10.1. The van der Waals surface area contributed by atoms with Crippen LogP contribution in [0.3, 0.4) is 0 Å². The van der Waals surface area contributed by atoms with Crippen LogP contribution in [0, 0.1) is 11.3 Å². The molecule has 0 aromatic heterocycles. The first-order valence-electron chi connectivity index (χ1n) is 6.07. The summed E-state index contributed by atoms with van der Waals surface area (Å²) < 4.78 is 0. The predicted octanol–water partition coefficient (Wildman–Crippen LogP) is 1.71. The molecule has 0 radical (unpaired) electrons. The van der Waals surface area contributed by atoms with Gasteiger partial charge in [-0.2, -0.15) is 5.26 Å². The average Bonchev–Trinajstić information content (AvgIpc) is 2.26. The number of hydrogen-bond acceptors (Lipinski definition) is 3. The van der Waals surface area contributed by atoms with Gasteiger partial charge in [0.2, 0.25) is 0 Å². The van der Waals surface area contributed by atoms with Crippen LogP contribution >= 0.6 is 0 Å². The fraction of sp³-hybridized carbons (Fsp3) is 0.917. The first-order valence-corrected chi connectivity index (χ1v) is 6.07. The van der Waals surface area contributed by atoms with Gasteiger partial charge in [-0.25, -0.2) is 0 Å². The highest BCUT2D eigenvalue weighted by molar-refractivity contribution is 4.79. The lowest BCUT2D eigenvalue weighted by Crippen LogP contribution is -2.39. The molecule has 1 fully saturated rings. The fourth-order valence-electron chi connectivity index (χ4n) is 2.29. The van der Waals surface area contributed by atoms with Crippen molar-refractivity contribution < 1.29 is 0 Å². The Morgan fingerprint density at radius 3 is 2.87 bits per heavy atom. The number of hydrogen-bond donors (Lipinski definition) is 0. The van der Waals surface area contributed by atoms with E-state index in [4.69, 9.17) is 5.26 Å². The summed E-state index contributed by atoms with van der Waals surface area (Å²) in [5.41, 5.74) is 0. The molecule has 0 aromatic rings. The lowest BCUT2D eigenvalue weighted by molar-refractivity contribution is 0.159. The highest BCUT2D eigenvalue weighted by Crippen LogP contribution is 2.17. The first-order chi connectivity index (χ1) is 7.27. The predicted molar refractivity (Wildman–Crippen MR) is 62.6 cm³/mol. The Morgan fingerprint density at radius 2 is 2.27 bits per heavy atom. The van der Waals surface area contributed by atoms with Crippen LogP contribution in [0.1, 0.15) is 32.6 Å². The second-order valence-corrected chi connectivity index (χ2v) is 4.45. The Labute approximate surface area is 93.7 Å². The van der Waals surface area contributed by atoms with E-state index >= 15 is 0 Å². The van der Waals surface area contributed by atoms with E-state index in [1.807, 2.05) is 0 Å². The maximum atomic E-state index is 8.65. The van der Waals surface area contributed by atoms with Crippen LogP contribution in [0.15, 0.2) is 0 Å². The van der Waals surface area contributed by atoms with Gasteiger partial charge in [-0.05, 0) is 39.4 Å². The van der Waals surface area contributed by atoms with Crippen molar-refractivity contribution in [2.24, 2.45) is 0 Å². The summed E-state index contributed by atoms with van der Waals surface area (Å²) in [5, 5.41) is 8.65. The van der Waals surface area contributed by atoms with Crippen LogP contribution in [0.5, 0.6) is 0 Å². The van der Waals surface area contributed by atoms with Gasteiger partial charge in [-0.3, -0.25) is 4.90 Å². The maximum absolute atomic E-state index is 8.65. The number of nitriles is 1. The van der Waals surface area contributed by atoms with Crippen molar-refractivity contribution in [3.05, 3.63) is 0 Å². The molecule has 1 aliphatic heterocycles. The van der Waals surface area contributed by atoms with Crippen molar-refractivity contribution in [2.45, 2.75) is 38.6 Å². The van der Waals surface area contributed by atoms with Gasteiger partial charge >= 0.3 is 0 Å². The normalized spacial score (nSPS) is 22.9.